The van der Waals surface area contributed by atoms with Crippen molar-refractivity contribution in [2.24, 2.45) is 5.73 Å². The van der Waals surface area contributed by atoms with Crippen molar-refractivity contribution < 1.29 is 4.79 Å². The molecular weight excluding hydrogens is 264 g/mol. The molecule has 0 unspecified atom stereocenters. The Morgan fingerprint density at radius 1 is 1.28 bits per heavy atom. The van der Waals surface area contributed by atoms with Gasteiger partial charge in [0, 0.05) is 23.6 Å². The second-order valence-electron chi connectivity index (χ2n) is 4.09. The summed E-state index contributed by atoms with van der Waals surface area (Å²) in [5, 5.41) is 2.86. The summed E-state index contributed by atoms with van der Waals surface area (Å²) < 4.78 is 0.541. The number of amides is 1. The van der Waals surface area contributed by atoms with E-state index >= 15 is 0 Å². The first kappa shape index (κ1) is 13.8. The Hall–Kier alpha value is -0.650. The largest absolute Gasteiger partial charge is 0.352 e. The van der Waals surface area contributed by atoms with Gasteiger partial charge in [-0.15, -0.1) is 23.5 Å². The number of nitrogens with two attached hydrogens (primary N) is 1. The number of rotatable bonds is 5. The predicted octanol–water partition coefficient (Wildman–Crippen LogP) is 2.24. The number of hydrogen-bond donors (Lipinski definition) is 2. The van der Waals surface area contributed by atoms with Crippen LogP contribution in [-0.2, 0) is 0 Å². The highest BCUT2D eigenvalue weighted by Gasteiger charge is 2.18. The van der Waals surface area contributed by atoms with Crippen LogP contribution in [0.5, 0.6) is 0 Å². The van der Waals surface area contributed by atoms with Crippen LogP contribution in [0.2, 0.25) is 0 Å². The summed E-state index contributed by atoms with van der Waals surface area (Å²) in [6.07, 6.45) is 0.819. The number of carbonyl (C=O) groups excluding carboxylic acids is 1. The summed E-state index contributed by atoms with van der Waals surface area (Å²) in [6, 6.07) is 7.95. The van der Waals surface area contributed by atoms with Crippen LogP contribution >= 0.6 is 23.5 Å². The topological polar surface area (TPSA) is 55.1 Å². The molecule has 0 bridgehead atoms. The average Bonchev–Trinajstić information content (AvgIpc) is 2.93. The first-order valence-corrected chi connectivity index (χ1v) is 8.22. The molecule has 18 heavy (non-hydrogen) atoms. The Labute approximate surface area is 116 Å². The van der Waals surface area contributed by atoms with Gasteiger partial charge in [-0.25, -0.2) is 0 Å². The fraction of sp³-hybridized carbons (Fsp3) is 0.462. The van der Waals surface area contributed by atoms with E-state index in [-0.39, 0.29) is 5.91 Å². The zero-order valence-corrected chi connectivity index (χ0v) is 11.9. The van der Waals surface area contributed by atoms with Crippen LogP contribution in [0, 0.1) is 0 Å². The lowest BCUT2D eigenvalue weighted by molar-refractivity contribution is 0.0953. The van der Waals surface area contributed by atoms with E-state index in [0.29, 0.717) is 17.7 Å². The van der Waals surface area contributed by atoms with Crippen LogP contribution in [-0.4, -0.2) is 30.5 Å². The number of benzene rings is 1. The van der Waals surface area contributed by atoms with Crippen molar-refractivity contribution in [3.63, 3.8) is 0 Å². The Balaban J connectivity index is 1.92. The Morgan fingerprint density at radius 2 is 1.94 bits per heavy atom. The number of thioether (sulfide) groups is 2. The molecule has 0 aliphatic carbocycles. The third-order valence-electron chi connectivity index (χ3n) is 2.73. The Morgan fingerprint density at radius 3 is 2.56 bits per heavy atom. The molecule has 1 aliphatic heterocycles. The third kappa shape index (κ3) is 3.67. The van der Waals surface area contributed by atoms with Crippen LogP contribution in [0.3, 0.4) is 0 Å². The maximum Gasteiger partial charge on any atom is 0.251 e. The highest BCUT2D eigenvalue weighted by atomic mass is 32.2. The van der Waals surface area contributed by atoms with Gasteiger partial charge in [0.2, 0.25) is 0 Å². The van der Waals surface area contributed by atoms with E-state index in [1.165, 1.54) is 17.1 Å². The van der Waals surface area contributed by atoms with Crippen LogP contribution in [0.4, 0.5) is 0 Å². The molecule has 1 fully saturated rings. The van der Waals surface area contributed by atoms with Gasteiger partial charge in [0.15, 0.2) is 0 Å². The van der Waals surface area contributed by atoms with Gasteiger partial charge < -0.3 is 11.1 Å². The minimum Gasteiger partial charge on any atom is -0.352 e. The van der Waals surface area contributed by atoms with E-state index in [1.54, 1.807) is 0 Å². The fourth-order valence-corrected chi connectivity index (χ4v) is 4.61. The number of carbonyl (C=O) groups is 1. The molecule has 0 atom stereocenters. The zero-order chi connectivity index (χ0) is 12.8. The molecule has 0 saturated carbocycles. The van der Waals surface area contributed by atoms with Crippen molar-refractivity contribution in [1.82, 2.24) is 5.32 Å². The van der Waals surface area contributed by atoms with Gasteiger partial charge in [-0.2, -0.15) is 0 Å². The Kier molecular flexibility index (Phi) is 5.41. The van der Waals surface area contributed by atoms with Crippen LogP contribution in [0.15, 0.2) is 24.3 Å². The van der Waals surface area contributed by atoms with Gasteiger partial charge in [0.1, 0.15) is 0 Å². The second kappa shape index (κ2) is 7.07. The lowest BCUT2D eigenvalue weighted by atomic mass is 10.1. The highest BCUT2D eigenvalue weighted by molar-refractivity contribution is 8.19. The van der Waals surface area contributed by atoms with Crippen molar-refractivity contribution in [2.75, 3.05) is 24.6 Å². The molecule has 2 rings (SSSR count). The zero-order valence-electron chi connectivity index (χ0n) is 10.2. The number of nitrogens with one attached hydrogen (secondary N) is 1. The molecule has 1 amide bonds. The predicted molar refractivity (Wildman–Crippen MR) is 80.1 cm³/mol. The van der Waals surface area contributed by atoms with E-state index in [1.807, 2.05) is 35.7 Å². The van der Waals surface area contributed by atoms with Gasteiger partial charge in [0.05, 0.1) is 4.58 Å². The minimum absolute atomic E-state index is 0.0123. The van der Waals surface area contributed by atoms with Gasteiger partial charge in [0.25, 0.3) is 5.91 Å². The van der Waals surface area contributed by atoms with Crippen molar-refractivity contribution in [1.29, 1.82) is 0 Å². The molecule has 1 aliphatic rings. The van der Waals surface area contributed by atoms with Crippen molar-refractivity contribution in [3.05, 3.63) is 35.4 Å². The molecule has 0 aromatic heterocycles. The summed E-state index contributed by atoms with van der Waals surface area (Å²) in [5.41, 5.74) is 7.42. The van der Waals surface area contributed by atoms with Gasteiger partial charge in [-0.3, -0.25) is 4.79 Å². The molecule has 98 valence electrons. The average molecular weight is 282 g/mol. The molecule has 1 saturated heterocycles. The molecular formula is C13H18N2OS2. The summed E-state index contributed by atoms with van der Waals surface area (Å²) in [7, 11) is 0. The lowest BCUT2D eigenvalue weighted by Crippen LogP contribution is -2.25. The second-order valence-corrected chi connectivity index (χ2v) is 6.82. The maximum atomic E-state index is 11.8. The summed E-state index contributed by atoms with van der Waals surface area (Å²) in [4.78, 5) is 11.8. The third-order valence-corrected chi connectivity index (χ3v) is 5.84. The fourth-order valence-electron chi connectivity index (χ4n) is 1.75. The monoisotopic (exact) mass is 282 g/mol. The normalized spacial score (nSPS) is 15.8. The van der Waals surface area contributed by atoms with E-state index < -0.39 is 0 Å². The van der Waals surface area contributed by atoms with E-state index in [9.17, 15) is 4.79 Å². The van der Waals surface area contributed by atoms with Crippen molar-refractivity contribution in [2.45, 2.75) is 11.0 Å². The van der Waals surface area contributed by atoms with Crippen molar-refractivity contribution in [3.8, 4) is 0 Å². The highest BCUT2D eigenvalue weighted by Crippen LogP contribution is 2.45. The van der Waals surface area contributed by atoms with Crippen LogP contribution < -0.4 is 11.1 Å². The van der Waals surface area contributed by atoms with E-state index in [0.717, 1.165) is 12.0 Å². The molecule has 1 heterocycles. The molecule has 3 nitrogen and oxygen atoms in total. The standard InChI is InChI=1S/C13H18N2OS2/c14-6-1-7-15-12(16)10-2-4-11(5-3-10)13-17-8-9-18-13/h2-5,13H,1,6-9,14H2,(H,15,16). The molecule has 1 aromatic rings. The summed E-state index contributed by atoms with van der Waals surface area (Å²) in [5.74, 6) is 2.43. The van der Waals surface area contributed by atoms with Gasteiger partial charge in [-0.1, -0.05) is 12.1 Å². The maximum absolute atomic E-state index is 11.8. The summed E-state index contributed by atoms with van der Waals surface area (Å²) >= 11 is 3.95. The van der Waals surface area contributed by atoms with Gasteiger partial charge in [-0.05, 0) is 30.7 Å². The van der Waals surface area contributed by atoms with Crippen LogP contribution in [0.1, 0.15) is 26.9 Å². The Bertz CT molecular complexity index is 388. The first-order chi connectivity index (χ1) is 8.81. The molecule has 0 radical (unpaired) electrons. The molecule has 5 heteroatoms. The van der Waals surface area contributed by atoms with Crippen LogP contribution in [0.25, 0.3) is 0 Å². The quantitative estimate of drug-likeness (QED) is 0.813. The molecule has 3 N–H and O–H groups in total. The molecule has 1 aromatic carbocycles. The SMILES string of the molecule is NCCCNC(=O)c1ccc(C2SCCS2)cc1. The summed E-state index contributed by atoms with van der Waals surface area (Å²) in [6.45, 7) is 1.25. The minimum atomic E-state index is -0.0123. The van der Waals surface area contributed by atoms with E-state index in [2.05, 4.69) is 17.4 Å². The first-order valence-electron chi connectivity index (χ1n) is 6.12. The molecule has 0 spiro atoms. The smallest absolute Gasteiger partial charge is 0.251 e. The lowest BCUT2D eigenvalue weighted by Gasteiger charge is -2.09. The van der Waals surface area contributed by atoms with E-state index in [4.69, 9.17) is 5.73 Å². The van der Waals surface area contributed by atoms with Crippen molar-refractivity contribution >= 4 is 29.4 Å². The van der Waals surface area contributed by atoms with Gasteiger partial charge >= 0.3 is 0 Å². The number of hydrogen-bond acceptors (Lipinski definition) is 4.